The van der Waals surface area contributed by atoms with Gasteiger partial charge in [-0.15, -0.1) is 0 Å². The largest absolute Gasteiger partial charge is 0.481 e. The second-order valence-electron chi connectivity index (χ2n) is 5.98. The van der Waals surface area contributed by atoms with E-state index in [1.54, 1.807) is 0 Å². The van der Waals surface area contributed by atoms with E-state index in [1.807, 2.05) is 30.3 Å². The summed E-state index contributed by atoms with van der Waals surface area (Å²) in [4.78, 5) is 23.5. The average Bonchev–Trinajstić information content (AvgIpc) is 2.53. The molecule has 0 bridgehead atoms. The van der Waals surface area contributed by atoms with Crippen LogP contribution in [0.15, 0.2) is 30.3 Å². The number of carbonyl (C=O) groups excluding carboxylic acids is 1. The summed E-state index contributed by atoms with van der Waals surface area (Å²) >= 11 is 4.30. The number of hydrogen-bond acceptors (Lipinski definition) is 3. The normalized spacial score (nSPS) is 22.8. The highest BCUT2D eigenvalue weighted by atomic mass is 32.1. The highest BCUT2D eigenvalue weighted by Crippen LogP contribution is 2.25. The lowest BCUT2D eigenvalue weighted by molar-refractivity contribution is -0.143. The summed E-state index contributed by atoms with van der Waals surface area (Å²) in [6, 6.07) is 9.85. The van der Waals surface area contributed by atoms with Crippen LogP contribution in [0, 0.1) is 11.8 Å². The predicted molar refractivity (Wildman–Crippen MR) is 89.0 cm³/mol. The third kappa shape index (κ3) is 4.77. The molecule has 2 rings (SSSR count). The molecule has 0 saturated heterocycles. The van der Waals surface area contributed by atoms with Crippen LogP contribution in [0.1, 0.15) is 31.2 Å². The number of amides is 1. The van der Waals surface area contributed by atoms with Crippen molar-refractivity contribution in [3.8, 4) is 0 Å². The number of benzene rings is 1. The number of thiol groups is 1. The van der Waals surface area contributed by atoms with Crippen molar-refractivity contribution in [1.29, 1.82) is 0 Å². The second-order valence-corrected chi connectivity index (χ2v) is 6.34. The lowest BCUT2D eigenvalue weighted by Gasteiger charge is -2.28. The van der Waals surface area contributed by atoms with Crippen molar-refractivity contribution in [2.45, 2.75) is 38.1 Å². The van der Waals surface area contributed by atoms with Gasteiger partial charge < -0.3 is 10.4 Å². The van der Waals surface area contributed by atoms with E-state index in [4.69, 9.17) is 5.11 Å². The summed E-state index contributed by atoms with van der Waals surface area (Å²) in [5.41, 5.74) is 1.11. The molecule has 4 nitrogen and oxygen atoms in total. The van der Waals surface area contributed by atoms with Crippen LogP contribution in [0.25, 0.3) is 0 Å². The Bertz CT molecular complexity index is 506. The zero-order chi connectivity index (χ0) is 15.9. The molecule has 3 atom stereocenters. The molecule has 2 N–H and O–H groups in total. The Morgan fingerprint density at radius 3 is 2.64 bits per heavy atom. The Morgan fingerprint density at radius 2 is 2.00 bits per heavy atom. The van der Waals surface area contributed by atoms with Crippen molar-refractivity contribution in [3.63, 3.8) is 0 Å². The zero-order valence-electron chi connectivity index (χ0n) is 12.6. The fourth-order valence-electron chi connectivity index (χ4n) is 3.00. The van der Waals surface area contributed by atoms with E-state index >= 15 is 0 Å². The Balaban J connectivity index is 1.90. The summed E-state index contributed by atoms with van der Waals surface area (Å²) in [7, 11) is 0. The number of hydrogen-bond donors (Lipinski definition) is 3. The third-order valence-electron chi connectivity index (χ3n) is 4.29. The first-order chi connectivity index (χ1) is 10.6. The zero-order valence-corrected chi connectivity index (χ0v) is 13.5. The number of carbonyl (C=O) groups is 2. The van der Waals surface area contributed by atoms with Gasteiger partial charge in [-0.1, -0.05) is 36.8 Å². The van der Waals surface area contributed by atoms with Crippen molar-refractivity contribution < 1.29 is 14.7 Å². The minimum atomic E-state index is -0.756. The predicted octanol–water partition coefficient (Wildman–Crippen LogP) is 2.53. The third-order valence-corrected chi connectivity index (χ3v) is 4.73. The van der Waals surface area contributed by atoms with Crippen molar-refractivity contribution >= 4 is 24.5 Å². The molecule has 1 amide bonds. The van der Waals surface area contributed by atoms with E-state index in [-0.39, 0.29) is 23.8 Å². The SMILES string of the molecule is O=C(N[C@H]1CCC[C@@H](C(=O)O)C1)C(CS)Cc1ccccc1. The van der Waals surface area contributed by atoms with Gasteiger partial charge in [0.25, 0.3) is 0 Å². The number of rotatable bonds is 6. The van der Waals surface area contributed by atoms with Gasteiger partial charge in [0.05, 0.1) is 11.8 Å². The van der Waals surface area contributed by atoms with E-state index in [0.29, 0.717) is 25.0 Å². The first-order valence-electron chi connectivity index (χ1n) is 7.78. The molecular weight excluding hydrogens is 298 g/mol. The van der Waals surface area contributed by atoms with Gasteiger partial charge in [-0.2, -0.15) is 12.6 Å². The summed E-state index contributed by atoms with van der Waals surface area (Å²) < 4.78 is 0. The van der Waals surface area contributed by atoms with E-state index in [9.17, 15) is 9.59 Å². The number of carboxylic acids is 1. The quantitative estimate of drug-likeness (QED) is 0.705. The maximum atomic E-state index is 12.4. The molecule has 1 fully saturated rings. The van der Waals surface area contributed by atoms with Gasteiger partial charge in [0.2, 0.25) is 5.91 Å². The molecule has 0 aromatic heterocycles. The molecule has 0 heterocycles. The van der Waals surface area contributed by atoms with E-state index < -0.39 is 5.97 Å². The number of nitrogens with one attached hydrogen (secondary N) is 1. The summed E-state index contributed by atoms with van der Waals surface area (Å²) in [5, 5.41) is 12.1. The van der Waals surface area contributed by atoms with Crippen LogP contribution in [-0.2, 0) is 16.0 Å². The first-order valence-corrected chi connectivity index (χ1v) is 8.41. The molecule has 1 aliphatic carbocycles. The van der Waals surface area contributed by atoms with Crippen LogP contribution in [0.3, 0.4) is 0 Å². The van der Waals surface area contributed by atoms with Crippen LogP contribution in [-0.4, -0.2) is 28.8 Å². The topological polar surface area (TPSA) is 66.4 Å². The molecule has 120 valence electrons. The Morgan fingerprint density at radius 1 is 1.27 bits per heavy atom. The molecule has 1 aromatic carbocycles. The Hall–Kier alpha value is -1.49. The van der Waals surface area contributed by atoms with Gasteiger partial charge in [-0.3, -0.25) is 9.59 Å². The molecule has 0 aliphatic heterocycles. The number of aliphatic carboxylic acids is 1. The lowest BCUT2D eigenvalue weighted by Crippen LogP contribution is -2.43. The fourth-order valence-corrected chi connectivity index (χ4v) is 3.30. The molecule has 22 heavy (non-hydrogen) atoms. The Kier molecular flexibility index (Phi) is 6.31. The standard InChI is InChI=1S/C17H23NO3S/c19-16(14(11-22)9-12-5-2-1-3-6-12)18-15-8-4-7-13(10-15)17(20)21/h1-3,5-6,13-15,22H,4,7-11H2,(H,18,19)(H,20,21)/t13-,14?,15+/m1/s1. The maximum absolute atomic E-state index is 12.4. The smallest absolute Gasteiger partial charge is 0.306 e. The highest BCUT2D eigenvalue weighted by molar-refractivity contribution is 7.80. The van der Waals surface area contributed by atoms with Crippen LogP contribution < -0.4 is 5.32 Å². The molecule has 0 radical (unpaired) electrons. The van der Waals surface area contributed by atoms with Gasteiger partial charge >= 0.3 is 5.97 Å². The summed E-state index contributed by atoms with van der Waals surface area (Å²) in [6.45, 7) is 0. The number of carboxylic acid groups (broad SMARTS) is 1. The molecule has 1 unspecified atom stereocenters. The van der Waals surface area contributed by atoms with Gasteiger partial charge in [0.1, 0.15) is 0 Å². The molecular formula is C17H23NO3S. The van der Waals surface area contributed by atoms with Crippen LogP contribution in [0.5, 0.6) is 0 Å². The van der Waals surface area contributed by atoms with Crippen molar-refractivity contribution in [3.05, 3.63) is 35.9 Å². The minimum absolute atomic E-state index is 0.0186. The van der Waals surface area contributed by atoms with Gasteiger partial charge in [-0.25, -0.2) is 0 Å². The summed E-state index contributed by atoms with van der Waals surface area (Å²) in [6.07, 6.45) is 3.62. The van der Waals surface area contributed by atoms with Gasteiger partial charge in [0.15, 0.2) is 0 Å². The van der Waals surface area contributed by atoms with E-state index in [0.717, 1.165) is 18.4 Å². The van der Waals surface area contributed by atoms with Gasteiger partial charge in [-0.05, 0) is 31.2 Å². The van der Waals surface area contributed by atoms with Crippen molar-refractivity contribution in [2.24, 2.45) is 11.8 Å². The fraction of sp³-hybridized carbons (Fsp3) is 0.529. The first kappa shape index (κ1) is 16.9. The van der Waals surface area contributed by atoms with E-state index in [1.165, 1.54) is 0 Å². The minimum Gasteiger partial charge on any atom is -0.481 e. The van der Waals surface area contributed by atoms with Crippen molar-refractivity contribution in [1.82, 2.24) is 5.32 Å². The highest BCUT2D eigenvalue weighted by Gasteiger charge is 2.29. The lowest BCUT2D eigenvalue weighted by atomic mass is 9.85. The average molecular weight is 321 g/mol. The van der Waals surface area contributed by atoms with E-state index in [2.05, 4.69) is 17.9 Å². The van der Waals surface area contributed by atoms with Crippen LogP contribution in [0.2, 0.25) is 0 Å². The molecule has 1 aromatic rings. The molecule has 5 heteroatoms. The maximum Gasteiger partial charge on any atom is 0.306 e. The summed E-state index contributed by atoms with van der Waals surface area (Å²) in [5.74, 6) is -0.807. The molecule has 1 aliphatic rings. The van der Waals surface area contributed by atoms with Crippen LogP contribution >= 0.6 is 12.6 Å². The van der Waals surface area contributed by atoms with Crippen molar-refractivity contribution in [2.75, 3.05) is 5.75 Å². The van der Waals surface area contributed by atoms with Gasteiger partial charge in [0, 0.05) is 11.8 Å². The molecule has 0 spiro atoms. The Labute approximate surface area is 136 Å². The molecule has 1 saturated carbocycles. The van der Waals surface area contributed by atoms with Crippen LogP contribution in [0.4, 0.5) is 0 Å². The second kappa shape index (κ2) is 8.22. The monoisotopic (exact) mass is 321 g/mol.